The van der Waals surface area contributed by atoms with Gasteiger partial charge in [-0.3, -0.25) is 9.59 Å². The Morgan fingerprint density at radius 1 is 1.14 bits per heavy atom. The number of hydrogen-bond donors (Lipinski definition) is 1. The SMILES string of the molecule is O=C(Nc1cc2c(cc1Cl)OCCCO2)C1CC(=O)N(c2ccc(F)cc2F)C1. The molecule has 1 atom stereocenters. The third-order valence-corrected chi connectivity index (χ3v) is 5.10. The second-order valence-electron chi connectivity index (χ2n) is 6.82. The number of benzene rings is 2. The Balaban J connectivity index is 1.49. The maximum absolute atomic E-state index is 14.0. The zero-order valence-corrected chi connectivity index (χ0v) is 16.0. The molecule has 2 aliphatic heterocycles. The fraction of sp³-hybridized carbons (Fsp3) is 0.300. The molecular formula is C20H17ClF2N2O4. The molecule has 2 aliphatic rings. The van der Waals surface area contributed by atoms with E-state index in [1.165, 1.54) is 6.07 Å². The largest absolute Gasteiger partial charge is 0.490 e. The molecule has 2 aromatic carbocycles. The van der Waals surface area contributed by atoms with Crippen molar-refractivity contribution in [3.63, 3.8) is 0 Å². The van der Waals surface area contributed by atoms with Crippen molar-refractivity contribution in [2.45, 2.75) is 12.8 Å². The van der Waals surface area contributed by atoms with Gasteiger partial charge in [-0.1, -0.05) is 11.6 Å². The van der Waals surface area contributed by atoms with Gasteiger partial charge in [0.1, 0.15) is 11.6 Å². The number of anilines is 2. The van der Waals surface area contributed by atoms with Gasteiger partial charge < -0.3 is 19.7 Å². The minimum Gasteiger partial charge on any atom is -0.490 e. The van der Waals surface area contributed by atoms with Gasteiger partial charge in [0, 0.05) is 37.6 Å². The van der Waals surface area contributed by atoms with Gasteiger partial charge in [0.15, 0.2) is 11.5 Å². The second kappa shape index (κ2) is 7.87. The average molecular weight is 423 g/mol. The second-order valence-corrected chi connectivity index (χ2v) is 7.23. The van der Waals surface area contributed by atoms with Crippen molar-refractivity contribution in [2.24, 2.45) is 5.92 Å². The molecule has 0 bridgehead atoms. The van der Waals surface area contributed by atoms with Gasteiger partial charge in [-0.25, -0.2) is 8.78 Å². The van der Waals surface area contributed by atoms with Gasteiger partial charge in [-0.15, -0.1) is 0 Å². The van der Waals surface area contributed by atoms with Crippen LogP contribution in [0.2, 0.25) is 5.02 Å². The van der Waals surface area contributed by atoms with E-state index in [0.29, 0.717) is 36.5 Å². The Bertz CT molecular complexity index is 985. The first-order valence-electron chi connectivity index (χ1n) is 9.08. The normalized spacial score (nSPS) is 18.5. The van der Waals surface area contributed by atoms with Gasteiger partial charge in [-0.2, -0.15) is 0 Å². The zero-order valence-electron chi connectivity index (χ0n) is 15.2. The summed E-state index contributed by atoms with van der Waals surface area (Å²) in [4.78, 5) is 26.1. The highest BCUT2D eigenvalue weighted by Crippen LogP contribution is 2.38. The number of fused-ring (bicyclic) bond motifs is 1. The fourth-order valence-electron chi connectivity index (χ4n) is 3.33. The molecule has 9 heteroatoms. The molecule has 152 valence electrons. The van der Waals surface area contributed by atoms with Crippen LogP contribution in [0.25, 0.3) is 0 Å². The highest BCUT2D eigenvalue weighted by atomic mass is 35.5. The zero-order chi connectivity index (χ0) is 20.5. The summed E-state index contributed by atoms with van der Waals surface area (Å²) in [6.07, 6.45) is 0.638. The van der Waals surface area contributed by atoms with Crippen LogP contribution in [0, 0.1) is 17.6 Å². The van der Waals surface area contributed by atoms with E-state index in [0.717, 1.165) is 17.4 Å². The summed E-state index contributed by atoms with van der Waals surface area (Å²) >= 11 is 6.24. The quantitative estimate of drug-likeness (QED) is 0.817. The Kier molecular flexibility index (Phi) is 5.27. The summed E-state index contributed by atoms with van der Waals surface area (Å²) in [6.45, 7) is 0.974. The monoisotopic (exact) mass is 422 g/mol. The van der Waals surface area contributed by atoms with Crippen LogP contribution in [-0.4, -0.2) is 31.6 Å². The molecule has 0 saturated carbocycles. The lowest BCUT2D eigenvalue weighted by Crippen LogP contribution is -2.28. The van der Waals surface area contributed by atoms with Crippen LogP contribution in [0.1, 0.15) is 12.8 Å². The number of amides is 2. The topological polar surface area (TPSA) is 67.9 Å². The molecule has 1 N–H and O–H groups in total. The molecule has 2 heterocycles. The third kappa shape index (κ3) is 3.98. The number of nitrogens with zero attached hydrogens (tertiary/aromatic N) is 1. The van der Waals surface area contributed by atoms with E-state index in [1.54, 1.807) is 12.1 Å². The molecule has 0 radical (unpaired) electrons. The molecule has 0 aromatic heterocycles. The molecule has 0 aliphatic carbocycles. The summed E-state index contributed by atoms with van der Waals surface area (Å²) in [5, 5.41) is 2.97. The first-order chi connectivity index (χ1) is 13.9. The van der Waals surface area contributed by atoms with Crippen LogP contribution in [0.15, 0.2) is 30.3 Å². The Morgan fingerprint density at radius 3 is 2.59 bits per heavy atom. The van der Waals surface area contributed by atoms with E-state index in [-0.39, 0.29) is 23.7 Å². The molecule has 2 aromatic rings. The number of halogens is 3. The van der Waals surface area contributed by atoms with E-state index in [2.05, 4.69) is 5.32 Å². The lowest BCUT2D eigenvalue weighted by Gasteiger charge is -2.18. The molecule has 2 amide bonds. The summed E-state index contributed by atoms with van der Waals surface area (Å²) in [5.74, 6) is -2.18. The first kappa shape index (κ1) is 19.4. The van der Waals surface area contributed by atoms with Crippen molar-refractivity contribution in [1.82, 2.24) is 0 Å². The highest BCUT2D eigenvalue weighted by molar-refractivity contribution is 6.34. The fourth-order valence-corrected chi connectivity index (χ4v) is 3.53. The Hall–Kier alpha value is -2.87. The third-order valence-electron chi connectivity index (χ3n) is 4.79. The van der Waals surface area contributed by atoms with E-state index >= 15 is 0 Å². The number of carbonyl (C=O) groups excluding carboxylic acids is 2. The molecule has 1 saturated heterocycles. The predicted molar refractivity (Wildman–Crippen MR) is 103 cm³/mol. The average Bonchev–Trinajstić information content (AvgIpc) is 2.91. The Morgan fingerprint density at radius 2 is 1.86 bits per heavy atom. The van der Waals surface area contributed by atoms with Crippen LogP contribution in [-0.2, 0) is 9.59 Å². The van der Waals surface area contributed by atoms with Gasteiger partial charge in [0.05, 0.1) is 35.5 Å². The summed E-state index contributed by atoms with van der Waals surface area (Å²) in [7, 11) is 0. The lowest BCUT2D eigenvalue weighted by atomic mass is 10.1. The molecule has 0 spiro atoms. The number of hydrogen-bond acceptors (Lipinski definition) is 4. The molecule has 29 heavy (non-hydrogen) atoms. The first-order valence-corrected chi connectivity index (χ1v) is 9.45. The molecule has 1 unspecified atom stereocenters. The van der Waals surface area contributed by atoms with Gasteiger partial charge in [0.25, 0.3) is 0 Å². The van der Waals surface area contributed by atoms with Crippen molar-refractivity contribution in [3.8, 4) is 11.5 Å². The van der Waals surface area contributed by atoms with E-state index in [4.69, 9.17) is 21.1 Å². The summed E-state index contributed by atoms with van der Waals surface area (Å²) in [5.41, 5.74) is 0.278. The minimum atomic E-state index is -0.856. The smallest absolute Gasteiger partial charge is 0.229 e. The maximum Gasteiger partial charge on any atom is 0.229 e. The summed E-state index contributed by atoms with van der Waals surface area (Å²) in [6, 6.07) is 6.10. The van der Waals surface area contributed by atoms with Crippen molar-refractivity contribution in [2.75, 3.05) is 30.0 Å². The van der Waals surface area contributed by atoms with Crippen LogP contribution in [0.4, 0.5) is 20.2 Å². The maximum atomic E-state index is 14.0. The van der Waals surface area contributed by atoms with Crippen molar-refractivity contribution >= 4 is 34.8 Å². The summed E-state index contributed by atoms with van der Waals surface area (Å²) < 4.78 is 38.3. The van der Waals surface area contributed by atoms with Crippen LogP contribution >= 0.6 is 11.6 Å². The lowest BCUT2D eigenvalue weighted by molar-refractivity contribution is -0.122. The predicted octanol–water partition coefficient (Wildman–Crippen LogP) is 3.77. The minimum absolute atomic E-state index is 0.0185. The van der Waals surface area contributed by atoms with Crippen molar-refractivity contribution in [3.05, 3.63) is 47.0 Å². The van der Waals surface area contributed by atoms with Crippen molar-refractivity contribution in [1.29, 1.82) is 0 Å². The van der Waals surface area contributed by atoms with Gasteiger partial charge >= 0.3 is 0 Å². The molecule has 6 nitrogen and oxygen atoms in total. The van der Waals surface area contributed by atoms with E-state index in [9.17, 15) is 18.4 Å². The number of carbonyl (C=O) groups is 2. The number of nitrogens with one attached hydrogen (secondary N) is 1. The molecular weight excluding hydrogens is 406 g/mol. The number of ether oxygens (including phenoxy) is 2. The van der Waals surface area contributed by atoms with Crippen molar-refractivity contribution < 1.29 is 27.8 Å². The van der Waals surface area contributed by atoms with Crippen LogP contribution in [0.5, 0.6) is 11.5 Å². The number of rotatable bonds is 3. The van der Waals surface area contributed by atoms with Crippen LogP contribution in [0.3, 0.4) is 0 Å². The van der Waals surface area contributed by atoms with E-state index in [1.807, 2.05) is 0 Å². The standard InChI is InChI=1S/C20H17ClF2N2O4/c21-13-8-17-18(29-5-1-4-28-17)9-15(13)24-20(27)11-6-19(26)25(10-11)16-3-2-12(22)7-14(16)23/h2-3,7-9,11H,1,4-6,10H2,(H,24,27). The Labute approximate surface area is 170 Å². The van der Waals surface area contributed by atoms with Gasteiger partial charge in [-0.05, 0) is 12.1 Å². The van der Waals surface area contributed by atoms with Gasteiger partial charge in [0.2, 0.25) is 11.8 Å². The molecule has 1 fully saturated rings. The highest BCUT2D eigenvalue weighted by Gasteiger charge is 2.36. The molecule has 4 rings (SSSR count). The van der Waals surface area contributed by atoms with E-state index < -0.39 is 29.4 Å². The van der Waals surface area contributed by atoms with Crippen LogP contribution < -0.4 is 19.7 Å².